The lowest BCUT2D eigenvalue weighted by Crippen LogP contribution is -2.42. The van der Waals surface area contributed by atoms with Crippen LogP contribution in [0.1, 0.15) is 38.5 Å². The van der Waals surface area contributed by atoms with Crippen LogP contribution in [0.4, 0.5) is 10.6 Å². The highest BCUT2D eigenvalue weighted by molar-refractivity contribution is 7.90. The number of nitrogens with zero attached hydrogens (tertiary/aromatic N) is 4. The van der Waals surface area contributed by atoms with Crippen LogP contribution in [0.3, 0.4) is 0 Å². The van der Waals surface area contributed by atoms with Gasteiger partial charge in [0, 0.05) is 19.3 Å². The number of benzene rings is 1. The molecule has 3 heterocycles. The van der Waals surface area contributed by atoms with Crippen LogP contribution < -0.4 is 5.32 Å². The molecule has 1 aromatic heterocycles. The Labute approximate surface area is 187 Å². The number of hydrogen-bond donors (Lipinski definition) is 1. The summed E-state index contributed by atoms with van der Waals surface area (Å²) in [5, 5.41) is 7.54. The first-order chi connectivity index (χ1) is 15.2. The van der Waals surface area contributed by atoms with Gasteiger partial charge >= 0.3 is 6.09 Å². The molecule has 4 rings (SSSR count). The number of carbonyl (C=O) groups is 1. The molecule has 172 valence electrons. The van der Waals surface area contributed by atoms with Crippen LogP contribution in [0.25, 0.3) is 5.69 Å². The molecule has 1 fully saturated rings. The molecule has 10 nitrogen and oxygen atoms in total. The standard InChI is InChI=1S/C21H27N5O5S/c1-14(2)30-21(27)25-10-8-16(9-11-25)31-20-18-12-24-26(19(18)22-13-23-20)15-4-6-17(7-5-15)32(3,28)29/h4-7,12-14,16,20H,8-11H2,1-3H3,(H,22,23). The van der Waals surface area contributed by atoms with Crippen molar-refractivity contribution in [3.05, 3.63) is 36.0 Å². The highest BCUT2D eigenvalue weighted by Gasteiger charge is 2.30. The Morgan fingerprint density at radius 3 is 2.50 bits per heavy atom. The summed E-state index contributed by atoms with van der Waals surface area (Å²) < 4.78 is 36.6. The molecule has 1 atom stereocenters. The van der Waals surface area contributed by atoms with E-state index in [2.05, 4.69) is 15.4 Å². The van der Waals surface area contributed by atoms with Crippen LogP contribution in [-0.4, -0.2) is 67.1 Å². The maximum Gasteiger partial charge on any atom is 0.410 e. The number of aliphatic imine (C=N–C) groups is 1. The number of piperidine rings is 1. The van der Waals surface area contributed by atoms with Gasteiger partial charge in [-0.05, 0) is 51.0 Å². The number of likely N-dealkylation sites (tertiary alicyclic amines) is 1. The van der Waals surface area contributed by atoms with E-state index in [9.17, 15) is 13.2 Å². The number of rotatable bonds is 5. The molecule has 32 heavy (non-hydrogen) atoms. The van der Waals surface area contributed by atoms with E-state index in [1.807, 2.05) is 13.8 Å². The van der Waals surface area contributed by atoms with Crippen LogP contribution in [-0.2, 0) is 19.3 Å². The first-order valence-corrected chi connectivity index (χ1v) is 12.4. The second kappa shape index (κ2) is 8.91. The third-order valence-corrected chi connectivity index (χ3v) is 6.47. The fourth-order valence-corrected chi connectivity index (χ4v) is 4.33. The monoisotopic (exact) mass is 461 g/mol. The Morgan fingerprint density at radius 1 is 1.19 bits per heavy atom. The van der Waals surface area contributed by atoms with Gasteiger partial charge < -0.3 is 19.7 Å². The molecule has 1 N–H and O–H groups in total. The maximum atomic E-state index is 12.1. The number of sulfone groups is 1. The molecule has 0 saturated carbocycles. The Bertz CT molecular complexity index is 1100. The van der Waals surface area contributed by atoms with E-state index in [0.29, 0.717) is 25.9 Å². The van der Waals surface area contributed by atoms with Gasteiger partial charge in [-0.2, -0.15) is 5.10 Å². The number of ether oxygens (including phenoxy) is 2. The summed E-state index contributed by atoms with van der Waals surface area (Å²) >= 11 is 0. The summed E-state index contributed by atoms with van der Waals surface area (Å²) in [6.07, 6.45) is 4.87. The molecule has 11 heteroatoms. The van der Waals surface area contributed by atoms with Crippen LogP contribution in [0, 0.1) is 0 Å². The van der Waals surface area contributed by atoms with Gasteiger partial charge in [0.05, 0.1) is 40.9 Å². The molecule has 2 aliphatic heterocycles. The first kappa shape index (κ1) is 22.3. The van der Waals surface area contributed by atoms with Crippen molar-refractivity contribution in [1.29, 1.82) is 0 Å². The van der Waals surface area contributed by atoms with Crippen molar-refractivity contribution in [2.45, 2.75) is 50.0 Å². The minimum atomic E-state index is -3.27. The fourth-order valence-electron chi connectivity index (χ4n) is 3.70. The Balaban J connectivity index is 1.43. The van der Waals surface area contributed by atoms with Crippen LogP contribution in [0.5, 0.6) is 0 Å². The molecule has 1 saturated heterocycles. The lowest BCUT2D eigenvalue weighted by Gasteiger charge is -2.33. The smallest absolute Gasteiger partial charge is 0.410 e. The minimum Gasteiger partial charge on any atom is -0.447 e. The van der Waals surface area contributed by atoms with Crippen molar-refractivity contribution in [2.24, 2.45) is 4.99 Å². The van der Waals surface area contributed by atoms with E-state index in [1.165, 1.54) is 6.26 Å². The van der Waals surface area contributed by atoms with Gasteiger partial charge in [-0.1, -0.05) is 0 Å². The van der Waals surface area contributed by atoms with Crippen molar-refractivity contribution in [3.8, 4) is 5.69 Å². The molecule has 0 bridgehead atoms. The lowest BCUT2D eigenvalue weighted by molar-refractivity contribution is -0.0401. The largest absolute Gasteiger partial charge is 0.447 e. The van der Waals surface area contributed by atoms with Gasteiger partial charge in [0.2, 0.25) is 0 Å². The van der Waals surface area contributed by atoms with E-state index < -0.39 is 16.1 Å². The van der Waals surface area contributed by atoms with Crippen molar-refractivity contribution in [1.82, 2.24) is 14.7 Å². The summed E-state index contributed by atoms with van der Waals surface area (Å²) in [4.78, 5) is 18.4. The number of fused-ring (bicyclic) bond motifs is 1. The van der Waals surface area contributed by atoms with Crippen LogP contribution >= 0.6 is 0 Å². The summed E-state index contributed by atoms with van der Waals surface area (Å²) in [5.74, 6) is 0.718. The van der Waals surface area contributed by atoms with Crippen molar-refractivity contribution < 1.29 is 22.7 Å². The third-order valence-electron chi connectivity index (χ3n) is 5.34. The highest BCUT2D eigenvalue weighted by Crippen LogP contribution is 2.33. The summed E-state index contributed by atoms with van der Waals surface area (Å²) in [6.45, 7) is 4.81. The Hall–Kier alpha value is -2.92. The van der Waals surface area contributed by atoms with Crippen molar-refractivity contribution >= 4 is 28.1 Å². The second-order valence-electron chi connectivity index (χ2n) is 8.16. The number of amides is 1. The van der Waals surface area contributed by atoms with Crippen LogP contribution in [0.15, 0.2) is 40.4 Å². The van der Waals surface area contributed by atoms with E-state index in [1.54, 1.807) is 46.4 Å². The number of nitrogens with one attached hydrogen (secondary N) is 1. The quantitative estimate of drug-likeness (QED) is 0.728. The predicted molar refractivity (Wildman–Crippen MR) is 119 cm³/mol. The summed E-state index contributed by atoms with van der Waals surface area (Å²) in [6, 6.07) is 6.53. The van der Waals surface area contributed by atoms with E-state index in [0.717, 1.165) is 17.1 Å². The van der Waals surface area contributed by atoms with Gasteiger partial charge in [-0.3, -0.25) is 0 Å². The molecule has 1 amide bonds. The van der Waals surface area contributed by atoms with Gasteiger partial charge in [-0.25, -0.2) is 22.9 Å². The lowest BCUT2D eigenvalue weighted by atomic mass is 10.1. The third kappa shape index (κ3) is 4.78. The summed E-state index contributed by atoms with van der Waals surface area (Å²) in [7, 11) is -3.27. The highest BCUT2D eigenvalue weighted by atomic mass is 32.2. The predicted octanol–water partition coefficient (Wildman–Crippen LogP) is 2.75. The number of aromatic nitrogens is 2. The topological polar surface area (TPSA) is 115 Å². The zero-order valence-electron chi connectivity index (χ0n) is 18.3. The van der Waals surface area contributed by atoms with Crippen molar-refractivity contribution in [2.75, 3.05) is 24.7 Å². The zero-order chi connectivity index (χ0) is 22.9. The van der Waals surface area contributed by atoms with E-state index >= 15 is 0 Å². The SMILES string of the molecule is CC(C)OC(=O)N1CCC(OC2N=CNc3c2cnn3-c2ccc(S(C)(=O)=O)cc2)CC1. The van der Waals surface area contributed by atoms with Gasteiger partial charge in [0.15, 0.2) is 16.1 Å². The normalized spacial score (nSPS) is 19.0. The zero-order valence-corrected chi connectivity index (χ0v) is 19.1. The molecule has 0 spiro atoms. The van der Waals surface area contributed by atoms with Crippen molar-refractivity contribution in [3.63, 3.8) is 0 Å². The molecular weight excluding hydrogens is 434 g/mol. The van der Waals surface area contributed by atoms with E-state index in [4.69, 9.17) is 9.47 Å². The molecule has 1 aromatic carbocycles. The molecule has 0 radical (unpaired) electrons. The second-order valence-corrected chi connectivity index (χ2v) is 10.2. The molecule has 0 aliphatic carbocycles. The van der Waals surface area contributed by atoms with Gasteiger partial charge in [0.25, 0.3) is 0 Å². The van der Waals surface area contributed by atoms with E-state index in [-0.39, 0.29) is 23.2 Å². The van der Waals surface area contributed by atoms with Gasteiger partial charge in [-0.15, -0.1) is 0 Å². The summed E-state index contributed by atoms with van der Waals surface area (Å²) in [5.41, 5.74) is 1.51. The molecule has 2 aromatic rings. The number of carbonyl (C=O) groups excluding carboxylic acids is 1. The van der Waals surface area contributed by atoms with Gasteiger partial charge in [0.1, 0.15) is 5.82 Å². The number of hydrogen-bond acceptors (Lipinski definition) is 8. The van der Waals surface area contributed by atoms with Crippen LogP contribution in [0.2, 0.25) is 0 Å². The average Bonchev–Trinajstić information content (AvgIpc) is 3.18. The average molecular weight is 462 g/mol. The fraction of sp³-hybridized carbons (Fsp3) is 0.476. The number of anilines is 1. The first-order valence-electron chi connectivity index (χ1n) is 10.5. The Morgan fingerprint density at radius 2 is 1.88 bits per heavy atom. The minimum absolute atomic E-state index is 0.0383. The maximum absolute atomic E-state index is 12.1. The Kier molecular flexibility index (Phi) is 6.20. The molecule has 1 unspecified atom stereocenters. The molecule has 2 aliphatic rings. The molecular formula is C21H27N5O5S.